The van der Waals surface area contributed by atoms with E-state index in [4.69, 9.17) is 14.5 Å². The number of carbonyl (C=O) groups is 1. The van der Waals surface area contributed by atoms with Gasteiger partial charge in [-0.05, 0) is 69.9 Å². The van der Waals surface area contributed by atoms with Crippen LogP contribution in [0.15, 0.2) is 73.2 Å². The molecular formula is C31H36N6O4. The molecule has 0 saturated carbocycles. The minimum absolute atomic E-state index is 0.0105. The van der Waals surface area contributed by atoms with E-state index in [2.05, 4.69) is 20.3 Å². The normalized spacial score (nSPS) is 15.4. The lowest BCUT2D eigenvalue weighted by atomic mass is 9.86. The molecule has 0 aliphatic carbocycles. The van der Waals surface area contributed by atoms with E-state index in [1.165, 1.54) is 0 Å². The summed E-state index contributed by atoms with van der Waals surface area (Å²) in [4.78, 5) is 23.0. The van der Waals surface area contributed by atoms with Gasteiger partial charge < -0.3 is 24.8 Å². The Labute approximate surface area is 240 Å². The van der Waals surface area contributed by atoms with E-state index < -0.39 is 11.4 Å². The van der Waals surface area contributed by atoms with E-state index >= 15 is 0 Å². The number of ether oxygens (including phenoxy) is 2. The van der Waals surface area contributed by atoms with Gasteiger partial charge in [0.15, 0.2) is 23.1 Å². The van der Waals surface area contributed by atoms with Crippen molar-refractivity contribution in [1.82, 2.24) is 19.7 Å². The lowest BCUT2D eigenvalue weighted by molar-refractivity contribution is -0.146. The molecule has 10 heteroatoms. The number of carboxylic acids is 1. The second-order valence-electron chi connectivity index (χ2n) is 10.8. The van der Waals surface area contributed by atoms with Crippen LogP contribution in [0.4, 0.5) is 17.5 Å². The number of benzene rings is 2. The van der Waals surface area contributed by atoms with Crippen LogP contribution in [0.5, 0.6) is 11.5 Å². The summed E-state index contributed by atoms with van der Waals surface area (Å²) < 4.78 is 13.8. The molecule has 0 spiro atoms. The Hall–Kier alpha value is -4.60. The Bertz CT molecular complexity index is 1490. The van der Waals surface area contributed by atoms with E-state index in [1.54, 1.807) is 30.9 Å². The number of carboxylic acid groups (broad SMARTS) is 1. The van der Waals surface area contributed by atoms with Crippen LogP contribution in [0.25, 0.3) is 5.69 Å². The number of piperidine rings is 1. The maximum Gasteiger partial charge on any atom is 0.309 e. The highest BCUT2D eigenvalue weighted by atomic mass is 16.5. The first-order valence-electron chi connectivity index (χ1n) is 13.9. The van der Waals surface area contributed by atoms with Crippen LogP contribution in [0.1, 0.15) is 39.2 Å². The number of para-hydroxylation sites is 2. The third kappa shape index (κ3) is 6.95. The minimum atomic E-state index is -0.854. The minimum Gasteiger partial charge on any atom is -0.490 e. The van der Waals surface area contributed by atoms with Gasteiger partial charge in [-0.25, -0.2) is 9.67 Å². The summed E-state index contributed by atoms with van der Waals surface area (Å²) in [6.07, 6.45) is 7.66. The third-order valence-corrected chi connectivity index (χ3v) is 7.01. The van der Waals surface area contributed by atoms with E-state index in [1.807, 2.05) is 67.7 Å². The zero-order valence-electron chi connectivity index (χ0n) is 23.7. The van der Waals surface area contributed by atoms with Gasteiger partial charge in [0.1, 0.15) is 11.9 Å². The van der Waals surface area contributed by atoms with Crippen LogP contribution in [0, 0.1) is 5.41 Å². The highest BCUT2D eigenvalue weighted by Crippen LogP contribution is 2.30. The van der Waals surface area contributed by atoms with Crippen molar-refractivity contribution in [3.63, 3.8) is 0 Å². The molecule has 1 atom stereocenters. The van der Waals surface area contributed by atoms with E-state index in [0.29, 0.717) is 31.2 Å². The second-order valence-corrected chi connectivity index (χ2v) is 10.8. The summed E-state index contributed by atoms with van der Waals surface area (Å²) in [5, 5.41) is 17.4. The number of rotatable bonds is 11. The fourth-order valence-corrected chi connectivity index (χ4v) is 4.87. The molecule has 1 unspecified atom stereocenters. The summed E-state index contributed by atoms with van der Waals surface area (Å²) in [6.45, 7) is 7.57. The molecule has 2 aromatic heterocycles. The Morgan fingerprint density at radius 1 is 1.10 bits per heavy atom. The van der Waals surface area contributed by atoms with Crippen molar-refractivity contribution >= 4 is 23.4 Å². The van der Waals surface area contributed by atoms with Crippen LogP contribution in [0.2, 0.25) is 0 Å². The first kappa shape index (κ1) is 27.9. The van der Waals surface area contributed by atoms with E-state index in [9.17, 15) is 9.90 Å². The Morgan fingerprint density at radius 3 is 2.73 bits per heavy atom. The lowest BCUT2D eigenvalue weighted by Gasteiger charge is -2.33. The average Bonchev–Trinajstić information content (AvgIpc) is 3.43. The molecule has 0 bridgehead atoms. The molecule has 214 valence electrons. The molecule has 5 rings (SSSR count). The fraction of sp³-hybridized carbons (Fsp3) is 0.355. The number of nitrogens with zero attached hydrogens (tertiary/aromatic N) is 5. The maximum absolute atomic E-state index is 11.6. The van der Waals surface area contributed by atoms with Crippen molar-refractivity contribution in [2.45, 2.75) is 46.1 Å². The van der Waals surface area contributed by atoms with Crippen LogP contribution >= 0.6 is 0 Å². The number of aromatic nitrogens is 4. The van der Waals surface area contributed by atoms with Gasteiger partial charge in [-0.3, -0.25) is 9.78 Å². The SMILES string of the molecule is CCOc1ccccc1OC1CCCN(c2cncc(Nc3ccn(-c4cccc(CC(C)(C)C(=O)O)c4)n3)n2)C1. The Balaban J connectivity index is 1.24. The first-order valence-corrected chi connectivity index (χ1v) is 13.9. The quantitative estimate of drug-likeness (QED) is 0.247. The Morgan fingerprint density at radius 2 is 1.93 bits per heavy atom. The number of aliphatic carboxylic acids is 1. The Kier molecular flexibility index (Phi) is 8.37. The molecule has 1 fully saturated rings. The zero-order valence-corrected chi connectivity index (χ0v) is 23.7. The van der Waals surface area contributed by atoms with E-state index in [-0.39, 0.29) is 6.10 Å². The first-order chi connectivity index (χ1) is 19.8. The zero-order chi connectivity index (χ0) is 28.8. The van der Waals surface area contributed by atoms with Gasteiger partial charge in [0, 0.05) is 18.8 Å². The van der Waals surface area contributed by atoms with Crippen LogP contribution < -0.4 is 19.7 Å². The molecule has 1 aliphatic heterocycles. The summed E-state index contributed by atoms with van der Waals surface area (Å²) in [7, 11) is 0. The molecule has 1 aliphatic rings. The molecule has 1 saturated heterocycles. The predicted molar refractivity (Wildman–Crippen MR) is 157 cm³/mol. The largest absolute Gasteiger partial charge is 0.490 e. The molecule has 0 radical (unpaired) electrons. The summed E-state index contributed by atoms with van der Waals surface area (Å²) in [6, 6.07) is 17.4. The molecule has 3 heterocycles. The lowest BCUT2D eigenvalue weighted by Crippen LogP contribution is -2.41. The summed E-state index contributed by atoms with van der Waals surface area (Å²) in [5.41, 5.74) is 0.929. The fourth-order valence-electron chi connectivity index (χ4n) is 4.87. The molecule has 2 aromatic carbocycles. The van der Waals surface area contributed by atoms with Crippen molar-refractivity contribution < 1.29 is 19.4 Å². The molecule has 4 aromatic rings. The van der Waals surface area contributed by atoms with Crippen molar-refractivity contribution in [1.29, 1.82) is 0 Å². The number of hydrogen-bond acceptors (Lipinski definition) is 8. The molecule has 0 amide bonds. The molecule has 2 N–H and O–H groups in total. The maximum atomic E-state index is 11.6. The van der Waals surface area contributed by atoms with Crippen molar-refractivity contribution in [3.8, 4) is 17.2 Å². The third-order valence-electron chi connectivity index (χ3n) is 7.01. The standard InChI is InChI=1S/C31H36N6O4/c1-4-40-25-12-5-6-13-26(25)41-24-11-8-15-36(21-24)29-20-32-19-28(34-29)33-27-14-16-37(35-27)23-10-7-9-22(17-23)18-31(2,3)30(38)39/h5-7,9-10,12-14,16-17,19-20,24H,4,8,11,15,18,21H2,1-3H3,(H,38,39)(H,33,34,35). The van der Waals surface area contributed by atoms with Gasteiger partial charge in [0.05, 0.1) is 36.6 Å². The monoisotopic (exact) mass is 556 g/mol. The van der Waals surface area contributed by atoms with Gasteiger partial charge in [0.2, 0.25) is 0 Å². The van der Waals surface area contributed by atoms with Gasteiger partial charge in [-0.2, -0.15) is 5.10 Å². The highest BCUT2D eigenvalue weighted by molar-refractivity contribution is 5.74. The predicted octanol–water partition coefficient (Wildman–Crippen LogP) is 5.51. The second kappa shape index (κ2) is 12.3. The smallest absolute Gasteiger partial charge is 0.309 e. The van der Waals surface area contributed by atoms with Crippen LogP contribution in [-0.2, 0) is 11.2 Å². The van der Waals surface area contributed by atoms with E-state index in [0.717, 1.165) is 48.0 Å². The van der Waals surface area contributed by atoms with Gasteiger partial charge in [-0.1, -0.05) is 24.3 Å². The van der Waals surface area contributed by atoms with Gasteiger partial charge >= 0.3 is 5.97 Å². The van der Waals surface area contributed by atoms with Crippen molar-refractivity contribution in [2.75, 3.05) is 29.9 Å². The van der Waals surface area contributed by atoms with Crippen LogP contribution in [0.3, 0.4) is 0 Å². The van der Waals surface area contributed by atoms with Gasteiger partial charge in [0.25, 0.3) is 0 Å². The molecule has 10 nitrogen and oxygen atoms in total. The topological polar surface area (TPSA) is 115 Å². The van der Waals surface area contributed by atoms with Crippen molar-refractivity contribution in [3.05, 3.63) is 78.8 Å². The van der Waals surface area contributed by atoms with Crippen molar-refractivity contribution in [2.24, 2.45) is 5.41 Å². The number of hydrogen-bond donors (Lipinski definition) is 2. The average molecular weight is 557 g/mol. The highest BCUT2D eigenvalue weighted by Gasteiger charge is 2.27. The summed E-state index contributed by atoms with van der Waals surface area (Å²) >= 11 is 0. The summed E-state index contributed by atoms with van der Waals surface area (Å²) in [5.74, 6) is 2.68. The molecular weight excluding hydrogens is 520 g/mol. The number of anilines is 3. The number of nitrogens with one attached hydrogen (secondary N) is 1. The van der Waals surface area contributed by atoms with Crippen LogP contribution in [-0.4, -0.2) is 56.6 Å². The van der Waals surface area contributed by atoms with Gasteiger partial charge in [-0.15, -0.1) is 0 Å². The molecule has 41 heavy (non-hydrogen) atoms.